The van der Waals surface area contributed by atoms with Gasteiger partial charge >= 0.3 is 5.97 Å². The molecule has 150 valence electrons. The molecule has 6 nitrogen and oxygen atoms in total. The standard InChI is InChI=1S/C21H19NO5S2/c1-3-14-6-4-5-7-15(14)22-20(25)18(29-21(22)28)11-13-8-9-16(17(10-13)26-2)27-12-19(23)24/h4-11H,3,12H2,1-2H3,(H,23,24)/b18-11+. The summed E-state index contributed by atoms with van der Waals surface area (Å²) in [4.78, 5) is 25.8. The van der Waals surface area contributed by atoms with Crippen molar-refractivity contribution in [1.29, 1.82) is 0 Å². The number of hydrogen-bond acceptors (Lipinski definition) is 6. The third-order valence-electron chi connectivity index (χ3n) is 4.24. The fourth-order valence-electron chi connectivity index (χ4n) is 2.89. The fraction of sp³-hybridized carbons (Fsp3) is 0.190. The SMILES string of the molecule is CCc1ccccc1N1C(=O)/C(=C\c2ccc(OCC(=O)O)c(OC)c2)SC1=S. The van der Waals surface area contributed by atoms with Crippen molar-refractivity contribution in [2.75, 3.05) is 18.6 Å². The van der Waals surface area contributed by atoms with E-state index in [1.807, 2.05) is 31.2 Å². The molecule has 1 saturated heterocycles. The number of benzene rings is 2. The third-order valence-corrected chi connectivity index (χ3v) is 5.55. The van der Waals surface area contributed by atoms with Gasteiger partial charge in [-0.3, -0.25) is 9.69 Å². The van der Waals surface area contributed by atoms with Crippen LogP contribution in [0.15, 0.2) is 47.4 Å². The molecule has 1 aliphatic heterocycles. The summed E-state index contributed by atoms with van der Waals surface area (Å²) in [7, 11) is 1.47. The zero-order valence-corrected chi connectivity index (χ0v) is 17.5. The van der Waals surface area contributed by atoms with Crippen LogP contribution in [0.4, 0.5) is 5.69 Å². The molecule has 1 heterocycles. The lowest BCUT2D eigenvalue weighted by Gasteiger charge is -2.18. The molecule has 0 bridgehead atoms. The Balaban J connectivity index is 1.88. The van der Waals surface area contributed by atoms with Crippen LogP contribution in [0, 0.1) is 0 Å². The Labute approximate surface area is 178 Å². The van der Waals surface area contributed by atoms with Crippen molar-refractivity contribution in [1.82, 2.24) is 0 Å². The molecule has 0 aliphatic carbocycles. The Hall–Kier alpha value is -2.84. The minimum atomic E-state index is -1.08. The van der Waals surface area contributed by atoms with Gasteiger partial charge in [-0.25, -0.2) is 4.79 Å². The summed E-state index contributed by atoms with van der Waals surface area (Å²) >= 11 is 6.70. The van der Waals surface area contributed by atoms with Gasteiger partial charge in [0.1, 0.15) is 0 Å². The number of aryl methyl sites for hydroxylation is 1. The van der Waals surface area contributed by atoms with Crippen molar-refractivity contribution in [2.45, 2.75) is 13.3 Å². The van der Waals surface area contributed by atoms with Crippen molar-refractivity contribution in [3.63, 3.8) is 0 Å². The van der Waals surface area contributed by atoms with Gasteiger partial charge in [0.25, 0.3) is 5.91 Å². The highest BCUT2D eigenvalue weighted by molar-refractivity contribution is 8.27. The van der Waals surface area contributed by atoms with E-state index in [0.29, 0.717) is 26.3 Å². The van der Waals surface area contributed by atoms with Crippen molar-refractivity contribution in [3.05, 3.63) is 58.5 Å². The van der Waals surface area contributed by atoms with Crippen LogP contribution >= 0.6 is 24.0 Å². The summed E-state index contributed by atoms with van der Waals surface area (Å²) in [6, 6.07) is 12.7. The smallest absolute Gasteiger partial charge is 0.341 e. The van der Waals surface area contributed by atoms with Gasteiger partial charge in [-0.2, -0.15) is 0 Å². The zero-order chi connectivity index (χ0) is 21.0. The molecule has 0 radical (unpaired) electrons. The van der Waals surface area contributed by atoms with E-state index in [4.69, 9.17) is 26.8 Å². The molecular weight excluding hydrogens is 410 g/mol. The molecule has 2 aromatic rings. The number of nitrogens with zero attached hydrogens (tertiary/aromatic N) is 1. The molecule has 3 rings (SSSR count). The van der Waals surface area contributed by atoms with E-state index in [1.165, 1.54) is 18.9 Å². The van der Waals surface area contributed by atoms with Gasteiger partial charge in [0, 0.05) is 0 Å². The maximum atomic E-state index is 13.0. The Morgan fingerprint density at radius 2 is 2.00 bits per heavy atom. The summed E-state index contributed by atoms with van der Waals surface area (Å²) in [6.07, 6.45) is 2.53. The summed E-state index contributed by atoms with van der Waals surface area (Å²) in [5, 5.41) is 8.76. The highest BCUT2D eigenvalue weighted by Crippen LogP contribution is 2.38. The Bertz CT molecular complexity index is 1000. The second-order valence-electron chi connectivity index (χ2n) is 6.09. The summed E-state index contributed by atoms with van der Waals surface area (Å²) in [6.45, 7) is 1.57. The molecule has 1 fully saturated rings. The molecular formula is C21H19NO5S2. The van der Waals surface area contributed by atoms with Crippen LogP contribution in [-0.4, -0.2) is 35.0 Å². The van der Waals surface area contributed by atoms with Crippen molar-refractivity contribution >= 4 is 51.9 Å². The van der Waals surface area contributed by atoms with E-state index in [9.17, 15) is 9.59 Å². The normalized spacial score (nSPS) is 15.1. The van der Waals surface area contributed by atoms with Crippen molar-refractivity contribution < 1.29 is 24.2 Å². The monoisotopic (exact) mass is 429 g/mol. The van der Waals surface area contributed by atoms with E-state index in [0.717, 1.165) is 17.7 Å². The molecule has 0 unspecified atom stereocenters. The molecule has 0 atom stereocenters. The Morgan fingerprint density at radius 1 is 1.24 bits per heavy atom. The maximum Gasteiger partial charge on any atom is 0.341 e. The molecule has 0 saturated carbocycles. The molecule has 1 amide bonds. The highest BCUT2D eigenvalue weighted by Gasteiger charge is 2.34. The lowest BCUT2D eigenvalue weighted by Crippen LogP contribution is -2.28. The highest BCUT2D eigenvalue weighted by atomic mass is 32.2. The number of para-hydroxylation sites is 1. The van der Waals surface area contributed by atoms with Crippen LogP contribution in [-0.2, 0) is 16.0 Å². The minimum absolute atomic E-state index is 0.175. The number of aliphatic carboxylic acids is 1. The molecule has 1 N–H and O–H groups in total. The molecule has 0 aromatic heterocycles. The summed E-state index contributed by atoms with van der Waals surface area (Å²) in [5.41, 5.74) is 2.57. The van der Waals surface area contributed by atoms with Gasteiger partial charge in [-0.1, -0.05) is 55.2 Å². The number of carboxylic acids is 1. The number of ether oxygens (including phenoxy) is 2. The minimum Gasteiger partial charge on any atom is -0.493 e. The average Bonchev–Trinajstić information content (AvgIpc) is 2.99. The predicted molar refractivity (Wildman–Crippen MR) is 118 cm³/mol. The predicted octanol–water partition coefficient (Wildman–Crippen LogP) is 4.13. The van der Waals surface area contributed by atoms with Gasteiger partial charge < -0.3 is 14.6 Å². The number of amides is 1. The van der Waals surface area contributed by atoms with Gasteiger partial charge in [0.2, 0.25) is 0 Å². The van der Waals surface area contributed by atoms with E-state index in [2.05, 4.69) is 0 Å². The lowest BCUT2D eigenvalue weighted by molar-refractivity contribution is -0.139. The maximum absolute atomic E-state index is 13.0. The number of methoxy groups -OCH3 is 1. The topological polar surface area (TPSA) is 76.1 Å². The van der Waals surface area contributed by atoms with E-state index in [-0.39, 0.29) is 5.91 Å². The van der Waals surface area contributed by atoms with Crippen LogP contribution in [0.3, 0.4) is 0 Å². The number of carbonyl (C=O) groups excluding carboxylic acids is 1. The first-order chi connectivity index (χ1) is 13.9. The van der Waals surface area contributed by atoms with E-state index >= 15 is 0 Å². The number of hydrogen-bond donors (Lipinski definition) is 1. The van der Waals surface area contributed by atoms with Crippen molar-refractivity contribution in [3.8, 4) is 11.5 Å². The number of thiocarbonyl (C=S) groups is 1. The summed E-state index contributed by atoms with van der Waals surface area (Å²) in [5.74, 6) is -0.554. The van der Waals surface area contributed by atoms with Crippen LogP contribution in [0.25, 0.3) is 6.08 Å². The zero-order valence-electron chi connectivity index (χ0n) is 15.9. The number of rotatable bonds is 7. The quantitative estimate of drug-likeness (QED) is 0.524. The largest absolute Gasteiger partial charge is 0.493 e. The molecule has 1 aliphatic rings. The molecule has 2 aromatic carbocycles. The number of carboxylic acid groups (broad SMARTS) is 1. The Morgan fingerprint density at radius 3 is 2.69 bits per heavy atom. The first-order valence-electron chi connectivity index (χ1n) is 8.83. The van der Waals surface area contributed by atoms with Crippen LogP contribution in [0.5, 0.6) is 11.5 Å². The van der Waals surface area contributed by atoms with Gasteiger partial charge in [-0.05, 0) is 41.8 Å². The van der Waals surface area contributed by atoms with E-state index < -0.39 is 12.6 Å². The molecule has 29 heavy (non-hydrogen) atoms. The average molecular weight is 430 g/mol. The first-order valence-corrected chi connectivity index (χ1v) is 10.1. The van der Waals surface area contributed by atoms with Gasteiger partial charge in [0.15, 0.2) is 22.4 Å². The first kappa shape index (κ1) is 20.9. The second-order valence-corrected chi connectivity index (χ2v) is 7.77. The fourth-order valence-corrected chi connectivity index (χ4v) is 4.17. The summed E-state index contributed by atoms with van der Waals surface area (Å²) < 4.78 is 11.0. The third kappa shape index (κ3) is 4.60. The second kappa shape index (κ2) is 9.11. The number of anilines is 1. The van der Waals surface area contributed by atoms with Crippen LogP contribution in [0.1, 0.15) is 18.1 Å². The van der Waals surface area contributed by atoms with Gasteiger partial charge in [-0.15, -0.1) is 0 Å². The molecule has 0 spiro atoms. The molecule has 8 heteroatoms. The van der Waals surface area contributed by atoms with Crippen LogP contribution in [0.2, 0.25) is 0 Å². The lowest BCUT2D eigenvalue weighted by atomic mass is 10.1. The van der Waals surface area contributed by atoms with Crippen molar-refractivity contribution in [2.24, 2.45) is 0 Å². The number of thioether (sulfide) groups is 1. The van der Waals surface area contributed by atoms with Gasteiger partial charge in [0.05, 0.1) is 17.7 Å². The van der Waals surface area contributed by atoms with E-state index in [1.54, 1.807) is 29.2 Å². The van der Waals surface area contributed by atoms with Crippen LogP contribution < -0.4 is 14.4 Å². The Kier molecular flexibility index (Phi) is 6.56. The number of carbonyl (C=O) groups is 2.